The highest BCUT2D eigenvalue weighted by Gasteiger charge is 2.32. The highest BCUT2D eigenvalue weighted by molar-refractivity contribution is 5.69. The number of benzene rings is 1. The van der Waals surface area contributed by atoms with Gasteiger partial charge in [0.1, 0.15) is 18.0 Å². The Kier molecular flexibility index (Phi) is 5.08. The molecule has 1 aliphatic rings. The maximum Gasteiger partial charge on any atom is 0.410 e. The number of likely N-dealkylation sites (tertiary alicyclic amines) is 1. The van der Waals surface area contributed by atoms with Crippen LogP contribution in [0.5, 0.6) is 5.75 Å². The Balaban J connectivity index is 1.91. The average Bonchev–Trinajstić information content (AvgIpc) is 2.92. The number of carbonyl (C=O) groups is 1. The lowest BCUT2D eigenvalue weighted by Crippen LogP contribution is -2.42. The van der Waals surface area contributed by atoms with Crippen LogP contribution >= 0.6 is 0 Å². The topological polar surface area (TPSA) is 81.9 Å². The molecular weight excluding hydrogens is 300 g/mol. The van der Waals surface area contributed by atoms with Gasteiger partial charge in [-0.05, 0) is 45.7 Å². The number of amides is 1. The first-order valence-corrected chi connectivity index (χ1v) is 7.63. The van der Waals surface area contributed by atoms with Gasteiger partial charge in [0, 0.05) is 18.7 Å². The Morgan fingerprint density at radius 2 is 2.00 bits per heavy atom. The third kappa shape index (κ3) is 4.84. The van der Waals surface area contributed by atoms with Gasteiger partial charge in [-0.15, -0.1) is 0 Å². The van der Waals surface area contributed by atoms with Crippen molar-refractivity contribution in [2.45, 2.75) is 45.3 Å². The van der Waals surface area contributed by atoms with Crippen molar-refractivity contribution >= 4 is 11.8 Å². The third-order valence-corrected chi connectivity index (χ3v) is 3.50. The number of carbonyl (C=O) groups excluding carboxylic acids is 1. The minimum absolute atomic E-state index is 0.0218. The molecule has 2 rings (SSSR count). The summed E-state index contributed by atoms with van der Waals surface area (Å²) in [7, 11) is 0. The first-order chi connectivity index (χ1) is 10.8. The lowest BCUT2D eigenvalue weighted by molar-refractivity contribution is -0.384. The first kappa shape index (κ1) is 17.1. The summed E-state index contributed by atoms with van der Waals surface area (Å²) in [5.41, 5.74) is -0.503. The van der Waals surface area contributed by atoms with Crippen LogP contribution in [0.1, 0.15) is 33.6 Å². The normalized spacial score (nSPS) is 17.9. The molecule has 0 saturated carbocycles. The van der Waals surface area contributed by atoms with Crippen molar-refractivity contribution in [2.24, 2.45) is 0 Å². The van der Waals surface area contributed by atoms with Crippen LogP contribution in [0, 0.1) is 10.1 Å². The number of hydrogen-bond donors (Lipinski definition) is 0. The van der Waals surface area contributed by atoms with Gasteiger partial charge in [-0.1, -0.05) is 0 Å². The van der Waals surface area contributed by atoms with Crippen molar-refractivity contribution in [1.29, 1.82) is 0 Å². The molecule has 23 heavy (non-hydrogen) atoms. The van der Waals surface area contributed by atoms with Crippen LogP contribution in [-0.4, -0.2) is 40.7 Å². The molecular formula is C16H22N2O5. The van der Waals surface area contributed by atoms with E-state index in [0.29, 0.717) is 18.9 Å². The number of nitro groups is 1. The lowest BCUT2D eigenvalue weighted by Gasteiger charge is -2.28. The third-order valence-electron chi connectivity index (χ3n) is 3.50. The van der Waals surface area contributed by atoms with Crippen LogP contribution in [-0.2, 0) is 4.74 Å². The second kappa shape index (κ2) is 6.85. The highest BCUT2D eigenvalue weighted by Crippen LogP contribution is 2.23. The predicted octanol–water partition coefficient (Wildman–Crippen LogP) is 3.37. The van der Waals surface area contributed by atoms with Crippen LogP contribution in [0.2, 0.25) is 0 Å². The number of ether oxygens (including phenoxy) is 2. The SMILES string of the molecule is CC(C)(C)OC(=O)N1CCCC1COc1ccc([N+](=O)[O-])cc1. The molecule has 1 unspecified atom stereocenters. The molecule has 1 fully saturated rings. The van der Waals surface area contributed by atoms with Crippen molar-refractivity contribution in [3.63, 3.8) is 0 Å². The Bertz CT molecular complexity index is 565. The molecule has 1 amide bonds. The molecule has 1 aromatic rings. The lowest BCUT2D eigenvalue weighted by atomic mass is 10.2. The zero-order chi connectivity index (χ0) is 17.0. The number of nitrogens with zero attached hydrogens (tertiary/aromatic N) is 2. The summed E-state index contributed by atoms with van der Waals surface area (Å²) in [6.07, 6.45) is 1.44. The second-order valence-corrected chi connectivity index (χ2v) is 6.53. The van der Waals surface area contributed by atoms with Crippen molar-refractivity contribution < 1.29 is 19.2 Å². The highest BCUT2D eigenvalue weighted by atomic mass is 16.6. The van der Waals surface area contributed by atoms with Crippen LogP contribution in [0.3, 0.4) is 0 Å². The Hall–Kier alpha value is -2.31. The summed E-state index contributed by atoms with van der Waals surface area (Å²) in [5.74, 6) is 0.548. The smallest absolute Gasteiger partial charge is 0.410 e. The largest absolute Gasteiger partial charge is 0.491 e. The standard InChI is InChI=1S/C16H22N2O5/c1-16(2,3)23-15(19)17-10-4-5-13(17)11-22-14-8-6-12(7-9-14)18(20)21/h6-9,13H,4-5,10-11H2,1-3H3. The average molecular weight is 322 g/mol. The molecule has 0 aromatic heterocycles. The fourth-order valence-electron chi connectivity index (χ4n) is 2.43. The van der Waals surface area contributed by atoms with Crippen LogP contribution in [0.15, 0.2) is 24.3 Å². The van der Waals surface area contributed by atoms with E-state index in [1.807, 2.05) is 20.8 Å². The first-order valence-electron chi connectivity index (χ1n) is 7.63. The van der Waals surface area contributed by atoms with Gasteiger partial charge < -0.3 is 14.4 Å². The zero-order valence-electron chi connectivity index (χ0n) is 13.7. The van der Waals surface area contributed by atoms with E-state index in [-0.39, 0.29) is 17.8 Å². The van der Waals surface area contributed by atoms with Gasteiger partial charge in [0.05, 0.1) is 11.0 Å². The molecule has 126 valence electrons. The molecule has 1 atom stereocenters. The second-order valence-electron chi connectivity index (χ2n) is 6.53. The van der Waals surface area contributed by atoms with Crippen LogP contribution in [0.25, 0.3) is 0 Å². The number of hydrogen-bond acceptors (Lipinski definition) is 5. The zero-order valence-corrected chi connectivity index (χ0v) is 13.7. The van der Waals surface area contributed by atoms with Gasteiger partial charge in [0.15, 0.2) is 0 Å². The number of nitro benzene ring substituents is 1. The number of rotatable bonds is 4. The molecule has 0 spiro atoms. The molecule has 0 N–H and O–H groups in total. The molecule has 0 bridgehead atoms. The molecule has 1 aliphatic heterocycles. The van der Waals surface area contributed by atoms with Gasteiger partial charge in [-0.3, -0.25) is 10.1 Å². The summed E-state index contributed by atoms with van der Waals surface area (Å²) >= 11 is 0. The van der Waals surface area contributed by atoms with Crippen molar-refractivity contribution in [2.75, 3.05) is 13.2 Å². The van der Waals surface area contributed by atoms with Crippen molar-refractivity contribution in [3.8, 4) is 5.75 Å². The summed E-state index contributed by atoms with van der Waals surface area (Å²) in [6, 6.07) is 5.88. The minimum Gasteiger partial charge on any atom is -0.491 e. The Morgan fingerprint density at radius 3 is 2.57 bits per heavy atom. The quantitative estimate of drug-likeness (QED) is 0.627. The van der Waals surface area contributed by atoms with Gasteiger partial charge in [0.2, 0.25) is 0 Å². The van der Waals surface area contributed by atoms with E-state index in [1.54, 1.807) is 17.0 Å². The van der Waals surface area contributed by atoms with Crippen molar-refractivity contribution in [1.82, 2.24) is 4.90 Å². The molecule has 7 nitrogen and oxygen atoms in total. The van der Waals surface area contributed by atoms with Crippen molar-refractivity contribution in [3.05, 3.63) is 34.4 Å². The van der Waals surface area contributed by atoms with Crippen LogP contribution in [0.4, 0.5) is 10.5 Å². The molecule has 1 aromatic carbocycles. The monoisotopic (exact) mass is 322 g/mol. The Morgan fingerprint density at radius 1 is 1.35 bits per heavy atom. The fraction of sp³-hybridized carbons (Fsp3) is 0.562. The molecule has 7 heteroatoms. The molecule has 1 saturated heterocycles. The van der Waals surface area contributed by atoms with Gasteiger partial charge in [-0.2, -0.15) is 0 Å². The fourth-order valence-corrected chi connectivity index (χ4v) is 2.43. The van der Waals surface area contributed by atoms with Crippen LogP contribution < -0.4 is 4.74 Å². The van der Waals surface area contributed by atoms with E-state index in [9.17, 15) is 14.9 Å². The van der Waals surface area contributed by atoms with E-state index >= 15 is 0 Å². The van der Waals surface area contributed by atoms with Gasteiger partial charge in [-0.25, -0.2) is 4.79 Å². The van der Waals surface area contributed by atoms with E-state index in [4.69, 9.17) is 9.47 Å². The molecule has 0 radical (unpaired) electrons. The van der Waals surface area contributed by atoms with E-state index in [1.165, 1.54) is 12.1 Å². The molecule has 0 aliphatic carbocycles. The maximum atomic E-state index is 12.2. The van der Waals surface area contributed by atoms with Gasteiger partial charge >= 0.3 is 6.09 Å². The maximum absolute atomic E-state index is 12.2. The predicted molar refractivity (Wildman–Crippen MR) is 84.6 cm³/mol. The van der Waals surface area contributed by atoms with E-state index < -0.39 is 10.5 Å². The summed E-state index contributed by atoms with van der Waals surface area (Å²) in [6.45, 7) is 6.51. The van der Waals surface area contributed by atoms with Gasteiger partial charge in [0.25, 0.3) is 5.69 Å². The van der Waals surface area contributed by atoms with E-state index in [2.05, 4.69) is 0 Å². The van der Waals surface area contributed by atoms with E-state index in [0.717, 1.165) is 12.8 Å². The number of non-ortho nitro benzene ring substituents is 1. The molecule has 1 heterocycles. The summed E-state index contributed by atoms with van der Waals surface area (Å²) < 4.78 is 11.1. The minimum atomic E-state index is -0.524. The Labute approximate surface area is 135 Å². The summed E-state index contributed by atoms with van der Waals surface area (Å²) in [5, 5.41) is 10.6. The summed E-state index contributed by atoms with van der Waals surface area (Å²) in [4.78, 5) is 24.0.